The van der Waals surface area contributed by atoms with Gasteiger partial charge in [0.25, 0.3) is 0 Å². The third-order valence-electron chi connectivity index (χ3n) is 4.80. The van der Waals surface area contributed by atoms with Gasteiger partial charge in [0, 0.05) is 19.1 Å². The Hall–Kier alpha value is -0.900. The van der Waals surface area contributed by atoms with Crippen molar-refractivity contribution in [3.05, 3.63) is 35.4 Å². The number of hydrogen-bond donors (Lipinski definition) is 1. The van der Waals surface area contributed by atoms with Crippen LogP contribution in [0.4, 0.5) is 0 Å². The van der Waals surface area contributed by atoms with Gasteiger partial charge in [-0.25, -0.2) is 0 Å². The van der Waals surface area contributed by atoms with Crippen molar-refractivity contribution in [2.24, 2.45) is 0 Å². The molecule has 0 spiro atoms. The summed E-state index contributed by atoms with van der Waals surface area (Å²) < 4.78 is 6.08. The van der Waals surface area contributed by atoms with Gasteiger partial charge in [0.2, 0.25) is 0 Å². The van der Waals surface area contributed by atoms with Crippen molar-refractivity contribution in [2.45, 2.75) is 44.8 Å². The van der Waals surface area contributed by atoms with E-state index in [2.05, 4.69) is 41.4 Å². The van der Waals surface area contributed by atoms with Crippen molar-refractivity contribution in [3.8, 4) is 0 Å². The van der Waals surface area contributed by atoms with Crippen LogP contribution in [0.15, 0.2) is 24.3 Å². The van der Waals surface area contributed by atoms with E-state index in [-0.39, 0.29) is 6.10 Å². The molecule has 0 aromatic heterocycles. The lowest BCUT2D eigenvalue weighted by Crippen LogP contribution is -2.41. The molecule has 2 aliphatic heterocycles. The minimum absolute atomic E-state index is 0.265. The van der Waals surface area contributed by atoms with Crippen molar-refractivity contribution in [2.75, 3.05) is 32.8 Å². The lowest BCUT2D eigenvalue weighted by Gasteiger charge is -2.32. The molecule has 1 aromatic carbocycles. The van der Waals surface area contributed by atoms with Crippen molar-refractivity contribution >= 4 is 0 Å². The summed E-state index contributed by atoms with van der Waals surface area (Å²) in [5.41, 5.74) is 2.89. The molecule has 2 atom stereocenters. The van der Waals surface area contributed by atoms with E-state index in [1.54, 1.807) is 0 Å². The molecule has 0 bridgehead atoms. The Kier molecular flexibility index (Phi) is 5.28. The maximum absolute atomic E-state index is 6.08. The Morgan fingerprint density at radius 3 is 3.14 bits per heavy atom. The molecular weight excluding hydrogens is 260 g/mol. The Morgan fingerprint density at radius 1 is 1.33 bits per heavy atom. The molecule has 1 fully saturated rings. The first-order chi connectivity index (χ1) is 10.4. The number of rotatable bonds is 6. The van der Waals surface area contributed by atoms with Gasteiger partial charge >= 0.3 is 0 Å². The smallest absolute Gasteiger partial charge is 0.0954 e. The predicted molar refractivity (Wildman–Crippen MR) is 86.6 cm³/mol. The van der Waals surface area contributed by atoms with Gasteiger partial charge < -0.3 is 10.1 Å². The molecule has 2 unspecified atom stereocenters. The van der Waals surface area contributed by atoms with Crippen LogP contribution in [0.3, 0.4) is 0 Å². The molecule has 1 aromatic rings. The average Bonchev–Trinajstić information content (AvgIpc) is 2.95. The Labute approximate surface area is 128 Å². The summed E-state index contributed by atoms with van der Waals surface area (Å²) >= 11 is 0. The minimum atomic E-state index is 0.265. The van der Waals surface area contributed by atoms with Crippen LogP contribution in [0.1, 0.15) is 43.4 Å². The van der Waals surface area contributed by atoms with Crippen molar-refractivity contribution in [1.82, 2.24) is 10.2 Å². The van der Waals surface area contributed by atoms with Gasteiger partial charge in [-0.3, -0.25) is 4.90 Å². The molecule has 0 radical (unpaired) electrons. The number of nitrogens with one attached hydrogen (secondary N) is 1. The van der Waals surface area contributed by atoms with E-state index in [1.165, 1.54) is 36.9 Å². The Bertz CT molecular complexity index is 449. The second kappa shape index (κ2) is 7.39. The normalized spacial score (nSPS) is 26.0. The molecule has 0 aliphatic carbocycles. The predicted octanol–water partition coefficient (Wildman–Crippen LogP) is 2.76. The molecule has 0 amide bonds. The fraction of sp³-hybridized carbons (Fsp3) is 0.667. The molecule has 3 nitrogen and oxygen atoms in total. The topological polar surface area (TPSA) is 24.5 Å². The highest BCUT2D eigenvalue weighted by molar-refractivity contribution is 5.31. The summed E-state index contributed by atoms with van der Waals surface area (Å²) in [4.78, 5) is 2.63. The Balaban J connectivity index is 1.61. The van der Waals surface area contributed by atoms with Crippen LogP contribution < -0.4 is 5.32 Å². The maximum atomic E-state index is 6.08. The van der Waals surface area contributed by atoms with Crippen LogP contribution in [0, 0.1) is 0 Å². The molecule has 1 N–H and O–H groups in total. The number of nitrogens with zero attached hydrogens (tertiary/aromatic N) is 1. The van der Waals surface area contributed by atoms with Gasteiger partial charge in [-0.1, -0.05) is 31.2 Å². The molecule has 3 rings (SSSR count). The van der Waals surface area contributed by atoms with E-state index in [0.717, 1.165) is 32.7 Å². The van der Waals surface area contributed by atoms with Crippen molar-refractivity contribution < 1.29 is 4.74 Å². The van der Waals surface area contributed by atoms with Gasteiger partial charge in [0.15, 0.2) is 0 Å². The summed E-state index contributed by atoms with van der Waals surface area (Å²) in [5, 5.41) is 3.58. The molecule has 2 heterocycles. The highest BCUT2D eigenvalue weighted by Gasteiger charge is 2.29. The lowest BCUT2D eigenvalue weighted by molar-refractivity contribution is 0.0132. The lowest BCUT2D eigenvalue weighted by atomic mass is 9.97. The molecular formula is C18H28N2O. The molecule has 1 saturated heterocycles. The number of hydrogen-bond acceptors (Lipinski definition) is 3. The zero-order valence-corrected chi connectivity index (χ0v) is 13.2. The first-order valence-electron chi connectivity index (χ1n) is 8.52. The number of fused-ring (bicyclic) bond motifs is 1. The largest absolute Gasteiger partial charge is 0.372 e. The summed E-state index contributed by atoms with van der Waals surface area (Å²) in [6, 6.07) is 9.49. The monoisotopic (exact) mass is 288 g/mol. The van der Waals surface area contributed by atoms with Crippen LogP contribution in [0.25, 0.3) is 0 Å². The second-order valence-corrected chi connectivity index (χ2v) is 6.30. The molecule has 0 saturated carbocycles. The van der Waals surface area contributed by atoms with E-state index in [1.807, 2.05) is 0 Å². The summed E-state index contributed by atoms with van der Waals surface area (Å²) in [7, 11) is 0. The summed E-state index contributed by atoms with van der Waals surface area (Å²) in [6.45, 7) is 7.63. The van der Waals surface area contributed by atoms with Gasteiger partial charge in [0.1, 0.15) is 0 Å². The zero-order chi connectivity index (χ0) is 14.5. The first-order valence-corrected chi connectivity index (χ1v) is 8.52. The SMILES string of the molecule is CCCNCC1CCCN1CC1OCCc2ccccc21. The second-order valence-electron chi connectivity index (χ2n) is 6.30. The van der Waals surface area contributed by atoms with E-state index in [0.29, 0.717) is 6.04 Å². The van der Waals surface area contributed by atoms with Crippen molar-refractivity contribution in [1.29, 1.82) is 0 Å². The first kappa shape index (κ1) is 15.0. The number of benzene rings is 1. The van der Waals surface area contributed by atoms with E-state index < -0.39 is 0 Å². The minimum Gasteiger partial charge on any atom is -0.372 e. The van der Waals surface area contributed by atoms with E-state index in [9.17, 15) is 0 Å². The average molecular weight is 288 g/mol. The van der Waals surface area contributed by atoms with Crippen LogP contribution >= 0.6 is 0 Å². The van der Waals surface area contributed by atoms with E-state index in [4.69, 9.17) is 4.74 Å². The van der Waals surface area contributed by atoms with E-state index >= 15 is 0 Å². The van der Waals surface area contributed by atoms with Crippen LogP contribution in [-0.2, 0) is 11.2 Å². The van der Waals surface area contributed by atoms with Gasteiger partial charge in [-0.15, -0.1) is 0 Å². The third-order valence-corrected chi connectivity index (χ3v) is 4.80. The summed E-state index contributed by atoms with van der Waals surface area (Å²) in [5.74, 6) is 0. The van der Waals surface area contributed by atoms with Crippen LogP contribution in [0.5, 0.6) is 0 Å². The van der Waals surface area contributed by atoms with Gasteiger partial charge in [-0.05, 0) is 49.9 Å². The van der Waals surface area contributed by atoms with Crippen molar-refractivity contribution in [3.63, 3.8) is 0 Å². The number of ether oxygens (including phenoxy) is 1. The standard InChI is InChI=1S/C18H28N2O/c1-2-10-19-13-16-7-5-11-20(16)14-18-17-8-4-3-6-15(17)9-12-21-18/h3-4,6,8,16,18-19H,2,5,7,9-14H2,1H3. The van der Waals surface area contributed by atoms with Gasteiger partial charge in [-0.2, -0.15) is 0 Å². The number of likely N-dealkylation sites (tertiary alicyclic amines) is 1. The Morgan fingerprint density at radius 2 is 2.24 bits per heavy atom. The molecule has 2 aliphatic rings. The maximum Gasteiger partial charge on any atom is 0.0954 e. The molecule has 21 heavy (non-hydrogen) atoms. The molecule has 3 heteroatoms. The highest BCUT2D eigenvalue weighted by atomic mass is 16.5. The summed E-state index contributed by atoms with van der Waals surface area (Å²) in [6.07, 6.45) is 5.19. The molecule has 116 valence electrons. The van der Waals surface area contributed by atoms with Gasteiger partial charge in [0.05, 0.1) is 12.7 Å². The third kappa shape index (κ3) is 3.65. The van der Waals surface area contributed by atoms with Crippen LogP contribution in [0.2, 0.25) is 0 Å². The fourth-order valence-corrected chi connectivity index (χ4v) is 3.65. The quantitative estimate of drug-likeness (QED) is 0.815. The van der Waals surface area contributed by atoms with Crippen LogP contribution in [-0.4, -0.2) is 43.7 Å². The fourth-order valence-electron chi connectivity index (χ4n) is 3.65. The highest BCUT2D eigenvalue weighted by Crippen LogP contribution is 2.29. The zero-order valence-electron chi connectivity index (χ0n) is 13.2.